The van der Waals surface area contributed by atoms with E-state index in [9.17, 15) is 14.4 Å². The molecule has 2 aromatic rings. The Morgan fingerprint density at radius 1 is 1.15 bits per heavy atom. The average Bonchev–Trinajstić information content (AvgIpc) is 3.89. The molecule has 6 aliphatic rings. The van der Waals surface area contributed by atoms with Crippen LogP contribution in [0.15, 0.2) is 41.4 Å². The molecule has 1 unspecified atom stereocenters. The topological polar surface area (TPSA) is 161 Å². The van der Waals surface area contributed by atoms with Crippen LogP contribution in [0.4, 0.5) is 0 Å². The van der Waals surface area contributed by atoms with E-state index in [0.717, 1.165) is 45.2 Å². The van der Waals surface area contributed by atoms with Gasteiger partial charge in [0.2, 0.25) is 0 Å². The Hall–Kier alpha value is -3.84. The quantitative estimate of drug-likeness (QED) is 0.212. The van der Waals surface area contributed by atoms with Crippen molar-refractivity contribution in [2.75, 3.05) is 27.4 Å². The third kappa shape index (κ3) is 4.42. The van der Waals surface area contributed by atoms with Crippen LogP contribution in [0.1, 0.15) is 58.2 Å². The fourth-order valence-electron chi connectivity index (χ4n) is 8.06. The summed E-state index contributed by atoms with van der Waals surface area (Å²) in [6.45, 7) is 11.2. The smallest absolute Gasteiger partial charge is 0.679 e. The van der Waals surface area contributed by atoms with Gasteiger partial charge in [-0.1, -0.05) is 60.0 Å². The number of ketones is 1. The van der Waals surface area contributed by atoms with E-state index >= 15 is 0 Å². The van der Waals surface area contributed by atoms with Crippen LogP contribution in [0.25, 0.3) is 28.4 Å². The molecule has 7 heterocycles. The molecule has 12 heteroatoms. The molecule has 1 aliphatic carbocycles. The van der Waals surface area contributed by atoms with Crippen molar-refractivity contribution in [1.82, 2.24) is 15.3 Å². The zero-order valence-electron chi connectivity index (χ0n) is 27.7. The van der Waals surface area contributed by atoms with Crippen molar-refractivity contribution in [3.63, 3.8) is 0 Å². The van der Waals surface area contributed by atoms with Gasteiger partial charge >= 0.3 is 35.0 Å². The summed E-state index contributed by atoms with van der Waals surface area (Å²) in [5, 5.41) is 15.5. The molecule has 3 fully saturated rings. The van der Waals surface area contributed by atoms with Crippen molar-refractivity contribution >= 4 is 58.5 Å². The number of methoxy groups -OCH3 is 2. The van der Waals surface area contributed by atoms with Crippen molar-refractivity contribution in [1.29, 1.82) is 0 Å². The number of epoxide rings is 1. The molecule has 244 valence electrons. The maximum Gasteiger partial charge on any atom is 2.00 e. The fourth-order valence-corrected chi connectivity index (χ4v) is 8.06. The van der Waals surface area contributed by atoms with Gasteiger partial charge in [0.05, 0.1) is 32.0 Å². The van der Waals surface area contributed by atoms with E-state index in [0.29, 0.717) is 53.4 Å². The second kappa shape index (κ2) is 11.4. The van der Waals surface area contributed by atoms with Crippen molar-refractivity contribution in [3.8, 4) is 0 Å². The Balaban J connectivity index is 0.00000364. The second-order valence-corrected chi connectivity index (χ2v) is 13.0. The third-order valence-electron chi connectivity index (χ3n) is 10.8. The molecule has 0 amide bonds. The number of nitrogens with one attached hydrogen (secondary N) is 1. The Morgan fingerprint density at radius 2 is 1.90 bits per heavy atom. The number of aromatic nitrogens is 2. The minimum Gasteiger partial charge on any atom is -0.679 e. The van der Waals surface area contributed by atoms with Crippen LogP contribution in [-0.4, -0.2) is 85.3 Å². The van der Waals surface area contributed by atoms with Crippen molar-refractivity contribution in [3.05, 3.63) is 96.4 Å². The van der Waals surface area contributed by atoms with Crippen LogP contribution in [0.5, 0.6) is 0 Å². The number of hydrogen-bond donors (Lipinski definition) is 1. The van der Waals surface area contributed by atoms with Gasteiger partial charge in [0.15, 0.2) is 5.78 Å². The summed E-state index contributed by atoms with van der Waals surface area (Å²) in [7, 11) is 2.63. The number of fused-ring (bicyclic) bond motifs is 9. The molecule has 1 N–H and O–H groups in total. The molecule has 8 bridgehead atoms. The van der Waals surface area contributed by atoms with Gasteiger partial charge in [0.25, 0.3) is 0 Å². The molecule has 3 saturated heterocycles. The number of ether oxygens (including phenoxy) is 3. The average molecular weight is 658 g/mol. The summed E-state index contributed by atoms with van der Waals surface area (Å²) in [6.07, 6.45) is 9.03. The molecular weight excluding hydrogens is 623 g/mol. The first-order chi connectivity index (χ1) is 22.6. The van der Waals surface area contributed by atoms with Crippen LogP contribution in [0.3, 0.4) is 0 Å². The number of hydrogen-bond acceptors (Lipinski definition) is 7. The second-order valence-electron chi connectivity index (χ2n) is 13.0. The molecule has 5 aliphatic heterocycles. The summed E-state index contributed by atoms with van der Waals surface area (Å²) in [5.74, 6) is -3.07. The summed E-state index contributed by atoms with van der Waals surface area (Å²) < 4.78 is 16.4. The monoisotopic (exact) mass is 657 g/mol. The fraction of sp³-hybridized carbons (Fsp3) is 0.417. The maximum atomic E-state index is 14.2. The third-order valence-corrected chi connectivity index (χ3v) is 10.8. The van der Waals surface area contributed by atoms with Gasteiger partial charge in [0.1, 0.15) is 5.92 Å². The Labute approximate surface area is 294 Å². The van der Waals surface area contributed by atoms with Crippen LogP contribution in [0, 0.1) is 25.7 Å². The van der Waals surface area contributed by atoms with Crippen LogP contribution in [-0.2, 0) is 30.2 Å². The predicted molar refractivity (Wildman–Crippen MR) is 178 cm³/mol. The minimum absolute atomic E-state index is 0. The molecular formula is C36H35MgN5O6-2. The van der Waals surface area contributed by atoms with E-state index in [-0.39, 0.29) is 41.2 Å². The maximum absolute atomic E-state index is 14.2. The summed E-state index contributed by atoms with van der Waals surface area (Å²) in [5.41, 5.74) is 6.44. The standard InChI is InChI=1S/C36H36N5O6.Mg/c1-7-18-16(3)21-12-24-19(8-2)35(14-37-35)25(39-24)13-26-36(15-47-36)20(9-10-27(42)45-5)31(41-26)29-30(34(44)46-6)33(43)28-17(4)22(40-32(28)29)11-23(18)38-21;/h8,11-13,20,26,30,37H,2,7,9-10,14-15H2,1,3-6H3,(H-,40,41,43);/q-3;+2/p-1/b21-12-,23-11-,25-13-;/t20-,26?,30-,35-,36-;/m1./s1. The van der Waals surface area contributed by atoms with Gasteiger partial charge in [-0.25, -0.2) is 0 Å². The van der Waals surface area contributed by atoms with E-state index < -0.39 is 35.0 Å². The van der Waals surface area contributed by atoms with Gasteiger partial charge in [-0.05, 0) is 38.2 Å². The summed E-state index contributed by atoms with van der Waals surface area (Å²) in [6, 6.07) is -0.499. The van der Waals surface area contributed by atoms with Gasteiger partial charge < -0.3 is 40.1 Å². The molecule has 2 aromatic heterocycles. The summed E-state index contributed by atoms with van der Waals surface area (Å²) in [4.78, 5) is 50.0. The first-order valence-electron chi connectivity index (χ1n) is 16.0. The Kier molecular flexibility index (Phi) is 7.74. The molecule has 11 nitrogen and oxygen atoms in total. The first-order valence-corrected chi connectivity index (χ1v) is 16.0. The minimum atomic E-state index is -1.23. The number of allylic oxidation sites excluding steroid dienone is 1. The van der Waals surface area contributed by atoms with Gasteiger partial charge in [-0.15, -0.1) is 39.6 Å². The molecule has 8 rings (SSSR count). The first kappa shape index (κ1) is 32.7. The summed E-state index contributed by atoms with van der Waals surface area (Å²) >= 11 is 0. The number of rotatable bonds is 6. The number of esters is 2. The van der Waals surface area contributed by atoms with Crippen LogP contribution in [0.2, 0.25) is 0 Å². The van der Waals surface area contributed by atoms with E-state index in [1.807, 2.05) is 31.2 Å². The van der Waals surface area contributed by atoms with Gasteiger partial charge in [-0.3, -0.25) is 14.4 Å². The van der Waals surface area contributed by atoms with Crippen molar-refractivity contribution in [2.24, 2.45) is 11.8 Å². The van der Waals surface area contributed by atoms with Crippen LogP contribution < -0.4 is 26.0 Å². The number of Topliss-reactive ketones (excluding diaryl/α,β-unsaturated/α-hetero) is 1. The number of carbonyl (C=O) groups excluding carboxylic acids is 3. The predicted octanol–water partition coefficient (Wildman–Crippen LogP) is 1.87. The van der Waals surface area contributed by atoms with Gasteiger partial charge in [0, 0.05) is 18.5 Å². The SMILES string of the molecule is C=CC1=C2/C=c3\[n-]/c(c(CC)c3C)=C\c3[n-]c4c(c3C)C(=O)[C@H](C(=O)OC)/C4=C3/[N-]C(/C=C(\[N-]2)[C@@]12CN2)[C@@]1(CO1)[C@@H]3CCC(=O)OC.[Mg+2]. The van der Waals surface area contributed by atoms with Gasteiger partial charge in [-0.2, -0.15) is 5.70 Å². The van der Waals surface area contributed by atoms with Crippen LogP contribution >= 0.6 is 0 Å². The Morgan fingerprint density at radius 3 is 2.52 bits per heavy atom. The van der Waals surface area contributed by atoms with Crippen molar-refractivity contribution in [2.45, 2.75) is 57.2 Å². The zero-order valence-corrected chi connectivity index (χ0v) is 29.1. The van der Waals surface area contributed by atoms with Crippen molar-refractivity contribution < 1.29 is 28.6 Å². The van der Waals surface area contributed by atoms with E-state index in [1.54, 1.807) is 0 Å². The number of carbonyl (C=O) groups is 3. The molecule has 0 radical (unpaired) electrons. The number of nitrogens with zero attached hydrogens (tertiary/aromatic N) is 4. The van der Waals surface area contributed by atoms with E-state index in [1.165, 1.54) is 14.2 Å². The Bertz CT molecular complexity index is 2040. The largest absolute Gasteiger partial charge is 2.00 e. The molecule has 0 aromatic carbocycles. The molecule has 48 heavy (non-hydrogen) atoms. The molecule has 5 atom stereocenters. The van der Waals surface area contributed by atoms with E-state index in [2.05, 4.69) is 25.7 Å². The zero-order chi connectivity index (χ0) is 33.0. The normalized spacial score (nSPS) is 32.7. The molecule has 2 spiro atoms. The molecule has 0 saturated carbocycles. The van der Waals surface area contributed by atoms with E-state index in [4.69, 9.17) is 34.8 Å².